The first kappa shape index (κ1) is 15.5. The summed E-state index contributed by atoms with van der Waals surface area (Å²) in [6, 6.07) is 3.97. The summed E-state index contributed by atoms with van der Waals surface area (Å²) >= 11 is 0. The minimum absolute atomic E-state index is 0.140. The summed E-state index contributed by atoms with van der Waals surface area (Å²) in [5.74, 6) is -0.140. The fourth-order valence-corrected chi connectivity index (χ4v) is 1.64. The number of nitrogens with zero attached hydrogens (tertiary/aromatic N) is 1. The molecule has 0 atom stereocenters. The molecule has 106 valence electrons. The molecule has 0 aliphatic carbocycles. The Morgan fingerprint density at radius 2 is 2.16 bits per heavy atom. The van der Waals surface area contributed by atoms with Crippen molar-refractivity contribution < 1.29 is 9.53 Å². The number of ether oxygens (including phenoxy) is 1. The van der Waals surface area contributed by atoms with E-state index in [-0.39, 0.29) is 5.97 Å². The average Bonchev–Trinajstić information content (AvgIpc) is 2.33. The van der Waals surface area contributed by atoms with E-state index in [0.717, 1.165) is 30.8 Å². The van der Waals surface area contributed by atoms with E-state index in [0.29, 0.717) is 6.42 Å². The lowest BCUT2D eigenvalue weighted by atomic mass is 10.2. The standard InChI is InChI=1S/C15H24N2O2/c1-5-12-11-13(8-10-17-12)16-9-6-7-14(18)19-15(2,3)4/h8,10-11H,5-7,9H2,1-4H3,(H,16,17). The van der Waals surface area contributed by atoms with E-state index < -0.39 is 5.60 Å². The van der Waals surface area contributed by atoms with Gasteiger partial charge in [0.05, 0.1) is 0 Å². The Bertz CT molecular complexity index is 411. The van der Waals surface area contributed by atoms with Crippen molar-refractivity contribution in [2.75, 3.05) is 11.9 Å². The molecule has 4 nitrogen and oxygen atoms in total. The van der Waals surface area contributed by atoms with Crippen molar-refractivity contribution in [2.45, 2.75) is 52.6 Å². The number of pyridine rings is 1. The van der Waals surface area contributed by atoms with Gasteiger partial charge in [-0.1, -0.05) is 6.92 Å². The van der Waals surface area contributed by atoms with Crippen LogP contribution in [0, 0.1) is 0 Å². The van der Waals surface area contributed by atoms with E-state index >= 15 is 0 Å². The van der Waals surface area contributed by atoms with Crippen molar-refractivity contribution in [3.8, 4) is 0 Å². The zero-order valence-electron chi connectivity index (χ0n) is 12.3. The zero-order chi connectivity index (χ0) is 14.3. The van der Waals surface area contributed by atoms with Crippen LogP contribution in [0.4, 0.5) is 5.69 Å². The molecular weight excluding hydrogens is 240 g/mol. The highest BCUT2D eigenvalue weighted by Crippen LogP contribution is 2.11. The van der Waals surface area contributed by atoms with Crippen molar-refractivity contribution >= 4 is 11.7 Å². The van der Waals surface area contributed by atoms with E-state index in [9.17, 15) is 4.79 Å². The van der Waals surface area contributed by atoms with Crippen LogP contribution >= 0.6 is 0 Å². The van der Waals surface area contributed by atoms with Crippen LogP contribution in [0.3, 0.4) is 0 Å². The van der Waals surface area contributed by atoms with Gasteiger partial charge in [-0.2, -0.15) is 0 Å². The Morgan fingerprint density at radius 3 is 2.79 bits per heavy atom. The van der Waals surface area contributed by atoms with E-state index in [1.165, 1.54) is 0 Å². The van der Waals surface area contributed by atoms with Crippen LogP contribution in [0.25, 0.3) is 0 Å². The third-order valence-corrected chi connectivity index (χ3v) is 2.49. The maximum absolute atomic E-state index is 11.5. The van der Waals surface area contributed by atoms with Gasteiger partial charge < -0.3 is 10.1 Å². The molecule has 0 spiro atoms. The lowest BCUT2D eigenvalue weighted by Crippen LogP contribution is -2.24. The second-order valence-corrected chi connectivity index (χ2v) is 5.51. The number of hydrogen-bond acceptors (Lipinski definition) is 4. The highest BCUT2D eigenvalue weighted by molar-refractivity contribution is 5.69. The highest BCUT2D eigenvalue weighted by Gasteiger charge is 2.15. The fourth-order valence-electron chi connectivity index (χ4n) is 1.64. The average molecular weight is 264 g/mol. The molecule has 0 fully saturated rings. The van der Waals surface area contributed by atoms with Crippen molar-refractivity contribution in [1.82, 2.24) is 4.98 Å². The number of anilines is 1. The number of aryl methyl sites for hydroxylation is 1. The van der Waals surface area contributed by atoms with Gasteiger partial charge in [0, 0.05) is 30.5 Å². The van der Waals surface area contributed by atoms with Crippen LogP contribution in [-0.4, -0.2) is 23.1 Å². The predicted molar refractivity (Wildman–Crippen MR) is 77.2 cm³/mol. The summed E-state index contributed by atoms with van der Waals surface area (Å²) in [4.78, 5) is 15.8. The molecule has 0 saturated heterocycles. The van der Waals surface area contributed by atoms with Gasteiger partial charge in [-0.15, -0.1) is 0 Å². The number of nitrogens with one attached hydrogen (secondary N) is 1. The monoisotopic (exact) mass is 264 g/mol. The Labute approximate surface area is 115 Å². The fraction of sp³-hybridized carbons (Fsp3) is 0.600. The Hall–Kier alpha value is -1.58. The molecule has 19 heavy (non-hydrogen) atoms. The predicted octanol–water partition coefficient (Wildman–Crippen LogP) is 3.18. The van der Waals surface area contributed by atoms with Gasteiger partial charge in [-0.05, 0) is 45.7 Å². The second-order valence-electron chi connectivity index (χ2n) is 5.51. The smallest absolute Gasteiger partial charge is 0.306 e. The Morgan fingerprint density at radius 1 is 1.42 bits per heavy atom. The van der Waals surface area contributed by atoms with Gasteiger partial charge >= 0.3 is 5.97 Å². The number of aromatic nitrogens is 1. The number of rotatable bonds is 6. The van der Waals surface area contributed by atoms with E-state index in [1.54, 1.807) is 6.20 Å². The molecule has 1 N–H and O–H groups in total. The first-order valence-electron chi connectivity index (χ1n) is 6.81. The first-order valence-corrected chi connectivity index (χ1v) is 6.81. The topological polar surface area (TPSA) is 51.2 Å². The number of hydrogen-bond donors (Lipinski definition) is 1. The highest BCUT2D eigenvalue weighted by atomic mass is 16.6. The van der Waals surface area contributed by atoms with Crippen LogP contribution in [0.1, 0.15) is 46.2 Å². The summed E-state index contributed by atoms with van der Waals surface area (Å²) in [7, 11) is 0. The third kappa shape index (κ3) is 6.79. The minimum Gasteiger partial charge on any atom is -0.460 e. The maximum Gasteiger partial charge on any atom is 0.306 e. The zero-order valence-corrected chi connectivity index (χ0v) is 12.3. The molecule has 0 aromatic carbocycles. The quantitative estimate of drug-likeness (QED) is 0.633. The van der Waals surface area contributed by atoms with Crippen molar-refractivity contribution in [2.24, 2.45) is 0 Å². The van der Waals surface area contributed by atoms with Gasteiger partial charge in [0.1, 0.15) is 5.60 Å². The van der Waals surface area contributed by atoms with Gasteiger partial charge in [0.2, 0.25) is 0 Å². The summed E-state index contributed by atoms with van der Waals surface area (Å²) in [6.45, 7) is 8.48. The molecule has 1 rings (SSSR count). The van der Waals surface area contributed by atoms with Gasteiger partial charge in [-0.3, -0.25) is 9.78 Å². The molecule has 0 radical (unpaired) electrons. The molecule has 1 aromatic heterocycles. The summed E-state index contributed by atoms with van der Waals surface area (Å²) in [6.07, 6.45) is 3.93. The van der Waals surface area contributed by atoms with E-state index in [4.69, 9.17) is 4.74 Å². The molecule has 0 unspecified atom stereocenters. The SMILES string of the molecule is CCc1cc(NCCCC(=O)OC(C)(C)C)ccn1. The molecule has 0 bridgehead atoms. The van der Waals surface area contributed by atoms with E-state index in [1.807, 2.05) is 32.9 Å². The van der Waals surface area contributed by atoms with Crippen LogP contribution in [0.15, 0.2) is 18.3 Å². The second kappa shape index (κ2) is 7.12. The van der Waals surface area contributed by atoms with Crippen molar-refractivity contribution in [3.05, 3.63) is 24.0 Å². The van der Waals surface area contributed by atoms with Gasteiger partial charge in [-0.25, -0.2) is 0 Å². The first-order chi connectivity index (χ1) is 8.90. The van der Waals surface area contributed by atoms with Gasteiger partial charge in [0.25, 0.3) is 0 Å². The summed E-state index contributed by atoms with van der Waals surface area (Å²) in [5.41, 5.74) is 1.72. The van der Waals surface area contributed by atoms with Crippen LogP contribution < -0.4 is 5.32 Å². The number of esters is 1. The normalized spacial score (nSPS) is 11.2. The molecule has 0 amide bonds. The molecule has 0 saturated carbocycles. The van der Waals surface area contributed by atoms with Crippen LogP contribution in [0.2, 0.25) is 0 Å². The molecule has 0 aliphatic heterocycles. The minimum atomic E-state index is -0.397. The lowest BCUT2D eigenvalue weighted by Gasteiger charge is -2.19. The maximum atomic E-state index is 11.5. The van der Waals surface area contributed by atoms with E-state index in [2.05, 4.69) is 17.2 Å². The number of carbonyl (C=O) groups excluding carboxylic acids is 1. The molecule has 0 aliphatic rings. The lowest BCUT2D eigenvalue weighted by molar-refractivity contribution is -0.154. The molecular formula is C15H24N2O2. The van der Waals surface area contributed by atoms with Crippen LogP contribution in [-0.2, 0) is 16.0 Å². The van der Waals surface area contributed by atoms with Crippen molar-refractivity contribution in [1.29, 1.82) is 0 Å². The molecule has 4 heteroatoms. The molecule has 1 heterocycles. The third-order valence-electron chi connectivity index (χ3n) is 2.49. The Balaban J connectivity index is 2.25. The largest absolute Gasteiger partial charge is 0.460 e. The number of carbonyl (C=O) groups is 1. The van der Waals surface area contributed by atoms with Crippen LogP contribution in [0.5, 0.6) is 0 Å². The Kier molecular flexibility index (Phi) is 5.80. The van der Waals surface area contributed by atoms with Gasteiger partial charge in [0.15, 0.2) is 0 Å². The summed E-state index contributed by atoms with van der Waals surface area (Å²) < 4.78 is 5.25. The molecule has 1 aromatic rings. The van der Waals surface area contributed by atoms with Crippen molar-refractivity contribution in [3.63, 3.8) is 0 Å². The summed E-state index contributed by atoms with van der Waals surface area (Å²) in [5, 5.41) is 3.29.